The van der Waals surface area contributed by atoms with Crippen LogP contribution in [0.15, 0.2) is 5.38 Å². The molecule has 1 aromatic heterocycles. The van der Waals surface area contributed by atoms with Gasteiger partial charge in [0.1, 0.15) is 0 Å². The van der Waals surface area contributed by atoms with Crippen molar-refractivity contribution in [2.24, 2.45) is 5.73 Å². The quantitative estimate of drug-likeness (QED) is 0.625. The normalized spacial score (nSPS) is 9.30. The molecule has 0 saturated heterocycles. The van der Waals surface area contributed by atoms with E-state index in [-0.39, 0.29) is 5.11 Å². The van der Waals surface area contributed by atoms with Gasteiger partial charge in [0.2, 0.25) is 0 Å². The van der Waals surface area contributed by atoms with Crippen molar-refractivity contribution >= 4 is 33.8 Å². The molecule has 0 fully saturated rings. The molecule has 0 aliphatic carbocycles. The number of aryl methyl sites for hydroxylation is 1. The predicted octanol–water partition coefficient (Wildman–Crippen LogP) is 1.11. The Hall–Kier alpha value is -0.680. The van der Waals surface area contributed by atoms with Crippen molar-refractivity contribution in [3.63, 3.8) is 0 Å². The van der Waals surface area contributed by atoms with Crippen LogP contribution >= 0.6 is 23.6 Å². The Morgan fingerprint density at radius 3 is 3.00 bits per heavy atom. The Kier molecular flexibility index (Phi) is 2.18. The molecule has 0 unspecified atom stereocenters. The molecule has 5 heteroatoms. The van der Waals surface area contributed by atoms with Crippen LogP contribution in [0.2, 0.25) is 0 Å². The molecule has 0 aromatic carbocycles. The van der Waals surface area contributed by atoms with E-state index in [9.17, 15) is 0 Å². The fourth-order valence-corrected chi connectivity index (χ4v) is 1.38. The molecule has 54 valence electrons. The highest BCUT2D eigenvalue weighted by molar-refractivity contribution is 7.80. The summed E-state index contributed by atoms with van der Waals surface area (Å²) in [6.45, 7) is 1.92. The van der Waals surface area contributed by atoms with Crippen LogP contribution in [-0.2, 0) is 0 Å². The highest BCUT2D eigenvalue weighted by Gasteiger charge is 1.96. The third kappa shape index (κ3) is 1.93. The highest BCUT2D eigenvalue weighted by atomic mass is 32.1. The van der Waals surface area contributed by atoms with Crippen LogP contribution in [0.4, 0.5) is 5.13 Å². The van der Waals surface area contributed by atoms with Gasteiger partial charge in [-0.1, -0.05) is 0 Å². The van der Waals surface area contributed by atoms with Crippen LogP contribution in [0.25, 0.3) is 0 Å². The van der Waals surface area contributed by atoms with Gasteiger partial charge in [-0.3, -0.25) is 0 Å². The SMILES string of the molecule is Cc1csc(NC(N)=S)n1. The molecular weight excluding hydrogens is 166 g/mol. The minimum atomic E-state index is 0.259. The fraction of sp³-hybridized carbons (Fsp3) is 0.200. The van der Waals surface area contributed by atoms with Crippen LogP contribution in [0.3, 0.4) is 0 Å². The maximum Gasteiger partial charge on any atom is 0.189 e. The molecule has 3 nitrogen and oxygen atoms in total. The van der Waals surface area contributed by atoms with Gasteiger partial charge < -0.3 is 11.1 Å². The minimum absolute atomic E-state index is 0.259. The maximum absolute atomic E-state index is 5.22. The molecule has 0 radical (unpaired) electrons. The predicted molar refractivity (Wildman–Crippen MR) is 47.3 cm³/mol. The number of hydrogen-bond acceptors (Lipinski definition) is 3. The number of hydrogen-bond donors (Lipinski definition) is 2. The van der Waals surface area contributed by atoms with Crippen molar-refractivity contribution in [3.05, 3.63) is 11.1 Å². The number of anilines is 1. The van der Waals surface area contributed by atoms with E-state index in [1.165, 1.54) is 11.3 Å². The zero-order valence-electron chi connectivity index (χ0n) is 5.42. The maximum atomic E-state index is 5.22. The van der Waals surface area contributed by atoms with Crippen molar-refractivity contribution in [1.29, 1.82) is 0 Å². The van der Waals surface area contributed by atoms with E-state index < -0.39 is 0 Å². The molecule has 3 N–H and O–H groups in total. The van der Waals surface area contributed by atoms with Gasteiger partial charge in [0, 0.05) is 5.38 Å². The lowest BCUT2D eigenvalue weighted by atomic mass is 10.6. The second-order valence-corrected chi connectivity index (χ2v) is 3.08. The molecule has 0 atom stereocenters. The lowest BCUT2D eigenvalue weighted by Gasteiger charge is -1.94. The zero-order valence-corrected chi connectivity index (χ0v) is 7.05. The molecule has 1 aromatic rings. The van der Waals surface area contributed by atoms with Gasteiger partial charge in [0.05, 0.1) is 5.69 Å². The van der Waals surface area contributed by atoms with Crippen LogP contribution in [0.5, 0.6) is 0 Å². The number of rotatable bonds is 1. The summed E-state index contributed by atoms with van der Waals surface area (Å²) < 4.78 is 0. The molecule has 0 saturated carbocycles. The Balaban J connectivity index is 2.67. The summed E-state index contributed by atoms with van der Waals surface area (Å²) in [7, 11) is 0. The number of thiazole rings is 1. The molecule has 0 amide bonds. The van der Waals surface area contributed by atoms with Gasteiger partial charge in [0.25, 0.3) is 0 Å². The zero-order chi connectivity index (χ0) is 7.56. The number of aromatic nitrogens is 1. The smallest absolute Gasteiger partial charge is 0.189 e. The summed E-state index contributed by atoms with van der Waals surface area (Å²) in [5.41, 5.74) is 6.20. The van der Waals surface area contributed by atoms with Gasteiger partial charge >= 0.3 is 0 Å². The van der Waals surface area contributed by atoms with Gasteiger partial charge in [-0.2, -0.15) is 0 Å². The van der Waals surface area contributed by atoms with E-state index in [0.29, 0.717) is 0 Å². The molecule has 0 bridgehead atoms. The van der Waals surface area contributed by atoms with E-state index in [1.807, 2.05) is 12.3 Å². The Bertz CT molecular complexity index is 243. The van der Waals surface area contributed by atoms with Crippen molar-refractivity contribution in [3.8, 4) is 0 Å². The molecule has 0 aliphatic rings. The average Bonchev–Trinajstić information content (AvgIpc) is 2.13. The lowest BCUT2D eigenvalue weighted by Crippen LogP contribution is -2.18. The molecule has 1 rings (SSSR count). The van der Waals surface area contributed by atoms with E-state index in [2.05, 4.69) is 22.5 Å². The third-order valence-corrected chi connectivity index (χ3v) is 1.83. The van der Waals surface area contributed by atoms with Crippen molar-refractivity contribution in [2.45, 2.75) is 6.92 Å². The average molecular weight is 173 g/mol. The van der Waals surface area contributed by atoms with Crippen LogP contribution in [-0.4, -0.2) is 10.1 Å². The van der Waals surface area contributed by atoms with Crippen LogP contribution in [0, 0.1) is 6.92 Å². The largest absolute Gasteiger partial charge is 0.376 e. The van der Waals surface area contributed by atoms with Gasteiger partial charge in [-0.15, -0.1) is 11.3 Å². The van der Waals surface area contributed by atoms with Crippen LogP contribution in [0.1, 0.15) is 5.69 Å². The first kappa shape index (κ1) is 7.43. The van der Waals surface area contributed by atoms with E-state index >= 15 is 0 Å². The third-order valence-electron chi connectivity index (χ3n) is 0.849. The van der Waals surface area contributed by atoms with E-state index in [4.69, 9.17) is 5.73 Å². The molecule has 1 heterocycles. The second-order valence-electron chi connectivity index (χ2n) is 1.78. The molecule has 0 spiro atoms. The van der Waals surface area contributed by atoms with Gasteiger partial charge in [-0.05, 0) is 19.1 Å². The molecule has 0 aliphatic heterocycles. The van der Waals surface area contributed by atoms with Crippen molar-refractivity contribution in [2.75, 3.05) is 5.32 Å². The fourth-order valence-electron chi connectivity index (χ4n) is 0.517. The highest BCUT2D eigenvalue weighted by Crippen LogP contribution is 2.13. The van der Waals surface area contributed by atoms with Crippen molar-refractivity contribution < 1.29 is 0 Å². The Morgan fingerprint density at radius 2 is 2.60 bits per heavy atom. The van der Waals surface area contributed by atoms with Gasteiger partial charge in [0.15, 0.2) is 10.2 Å². The first-order valence-corrected chi connectivity index (χ1v) is 3.96. The van der Waals surface area contributed by atoms with Crippen LogP contribution < -0.4 is 11.1 Å². The molecule has 10 heavy (non-hydrogen) atoms. The molecular formula is C5H7N3S2. The van der Waals surface area contributed by atoms with Gasteiger partial charge in [-0.25, -0.2) is 4.98 Å². The number of nitrogens with one attached hydrogen (secondary N) is 1. The number of nitrogens with zero attached hydrogens (tertiary/aromatic N) is 1. The first-order chi connectivity index (χ1) is 4.68. The Morgan fingerprint density at radius 1 is 1.90 bits per heavy atom. The lowest BCUT2D eigenvalue weighted by molar-refractivity contribution is 1.27. The number of thiocarbonyl (C=S) groups is 1. The van der Waals surface area contributed by atoms with Crippen molar-refractivity contribution in [1.82, 2.24) is 4.98 Å². The summed E-state index contributed by atoms with van der Waals surface area (Å²) in [5.74, 6) is 0. The van der Waals surface area contributed by atoms with E-state index in [1.54, 1.807) is 0 Å². The summed E-state index contributed by atoms with van der Waals surface area (Å²) >= 11 is 6.11. The Labute approximate surface area is 68.3 Å². The monoisotopic (exact) mass is 173 g/mol. The standard InChI is InChI=1S/C5H7N3S2/c1-3-2-10-5(7-3)8-4(6)9/h2H,1H3,(H3,6,7,8,9). The minimum Gasteiger partial charge on any atom is -0.376 e. The second kappa shape index (κ2) is 2.94. The summed E-state index contributed by atoms with van der Waals surface area (Å²) in [4.78, 5) is 4.09. The summed E-state index contributed by atoms with van der Waals surface area (Å²) in [6.07, 6.45) is 0. The first-order valence-electron chi connectivity index (χ1n) is 2.67. The summed E-state index contributed by atoms with van der Waals surface area (Å²) in [5, 5.41) is 5.69. The van der Waals surface area contributed by atoms with E-state index in [0.717, 1.165) is 10.8 Å². The summed E-state index contributed by atoms with van der Waals surface area (Å²) in [6, 6.07) is 0. The topological polar surface area (TPSA) is 50.9 Å². The number of nitrogens with two attached hydrogens (primary N) is 1.